The summed E-state index contributed by atoms with van der Waals surface area (Å²) in [5.74, 6) is -0.293. The maximum atomic E-state index is 12.4. The molecule has 2 heterocycles. The van der Waals surface area contributed by atoms with Gasteiger partial charge in [0.2, 0.25) is 17.7 Å². The lowest BCUT2D eigenvalue weighted by Crippen LogP contribution is -2.46. The number of rotatable bonds is 3. The molecule has 0 spiro atoms. The van der Waals surface area contributed by atoms with Crippen LogP contribution in [0.4, 0.5) is 0 Å². The van der Waals surface area contributed by atoms with Crippen LogP contribution in [0.1, 0.15) is 19.3 Å². The zero-order valence-corrected chi connectivity index (χ0v) is 11.6. The number of hydrogen-bond donors (Lipinski definition) is 2. The number of hydrogen-bond acceptors (Lipinski definition) is 4. The summed E-state index contributed by atoms with van der Waals surface area (Å²) in [7, 11) is 0. The van der Waals surface area contributed by atoms with E-state index in [4.69, 9.17) is 5.73 Å². The molecule has 2 aliphatic heterocycles. The summed E-state index contributed by atoms with van der Waals surface area (Å²) >= 11 is 0. The van der Waals surface area contributed by atoms with Crippen LogP contribution in [0.15, 0.2) is 0 Å². The SMILES string of the molecule is NC(=O)CN1CCCN(C(=O)C2CCC(=O)NC2)CC1. The summed E-state index contributed by atoms with van der Waals surface area (Å²) in [5, 5.41) is 2.74. The predicted molar refractivity (Wildman–Crippen MR) is 72.6 cm³/mol. The highest BCUT2D eigenvalue weighted by Crippen LogP contribution is 2.15. The molecule has 2 saturated heterocycles. The summed E-state index contributed by atoms with van der Waals surface area (Å²) in [6.07, 6.45) is 1.91. The van der Waals surface area contributed by atoms with Crippen LogP contribution in [0, 0.1) is 5.92 Å². The van der Waals surface area contributed by atoms with Crippen molar-refractivity contribution < 1.29 is 14.4 Å². The summed E-state index contributed by atoms with van der Waals surface area (Å²) in [6, 6.07) is 0. The number of nitrogens with zero attached hydrogens (tertiary/aromatic N) is 2. The third kappa shape index (κ3) is 3.93. The molecular weight excluding hydrogens is 260 g/mol. The molecule has 0 aromatic heterocycles. The van der Waals surface area contributed by atoms with E-state index < -0.39 is 0 Å². The van der Waals surface area contributed by atoms with Gasteiger partial charge >= 0.3 is 0 Å². The predicted octanol–water partition coefficient (Wildman–Crippen LogP) is -1.47. The van der Waals surface area contributed by atoms with E-state index in [1.807, 2.05) is 9.80 Å². The molecule has 0 radical (unpaired) electrons. The zero-order valence-electron chi connectivity index (χ0n) is 11.6. The number of piperidine rings is 1. The molecule has 0 aromatic rings. The fourth-order valence-corrected chi connectivity index (χ4v) is 2.77. The Balaban J connectivity index is 1.85. The third-order valence-electron chi connectivity index (χ3n) is 3.89. The van der Waals surface area contributed by atoms with Gasteiger partial charge in [-0.05, 0) is 12.8 Å². The van der Waals surface area contributed by atoms with Gasteiger partial charge in [0, 0.05) is 39.1 Å². The highest BCUT2D eigenvalue weighted by atomic mass is 16.2. The quantitative estimate of drug-likeness (QED) is 0.661. The molecule has 2 fully saturated rings. The van der Waals surface area contributed by atoms with Crippen LogP contribution in [0.3, 0.4) is 0 Å². The van der Waals surface area contributed by atoms with E-state index >= 15 is 0 Å². The molecule has 0 bridgehead atoms. The first-order chi connectivity index (χ1) is 9.56. The van der Waals surface area contributed by atoms with E-state index in [-0.39, 0.29) is 30.2 Å². The first kappa shape index (κ1) is 14.8. The molecule has 7 heteroatoms. The number of nitrogens with one attached hydrogen (secondary N) is 1. The van der Waals surface area contributed by atoms with Crippen LogP contribution in [0.25, 0.3) is 0 Å². The van der Waals surface area contributed by atoms with Gasteiger partial charge in [0.25, 0.3) is 0 Å². The van der Waals surface area contributed by atoms with E-state index in [0.29, 0.717) is 39.0 Å². The molecule has 20 heavy (non-hydrogen) atoms. The van der Waals surface area contributed by atoms with Crippen LogP contribution in [0.2, 0.25) is 0 Å². The molecule has 112 valence electrons. The number of primary amides is 1. The Morgan fingerprint density at radius 2 is 2.05 bits per heavy atom. The Bertz CT molecular complexity index is 389. The molecule has 0 aromatic carbocycles. The van der Waals surface area contributed by atoms with Crippen molar-refractivity contribution in [1.82, 2.24) is 15.1 Å². The summed E-state index contributed by atoms with van der Waals surface area (Å²) in [6.45, 7) is 3.48. The molecule has 3 N–H and O–H groups in total. The fourth-order valence-electron chi connectivity index (χ4n) is 2.77. The number of amides is 3. The average molecular weight is 282 g/mol. The molecule has 0 saturated carbocycles. The van der Waals surface area contributed by atoms with Gasteiger partial charge < -0.3 is 16.0 Å². The number of nitrogens with two attached hydrogens (primary N) is 1. The van der Waals surface area contributed by atoms with Crippen molar-refractivity contribution >= 4 is 17.7 Å². The first-order valence-corrected chi connectivity index (χ1v) is 7.12. The monoisotopic (exact) mass is 282 g/mol. The highest BCUT2D eigenvalue weighted by Gasteiger charge is 2.29. The van der Waals surface area contributed by atoms with Crippen molar-refractivity contribution in [3.63, 3.8) is 0 Å². The van der Waals surface area contributed by atoms with Gasteiger partial charge in [-0.2, -0.15) is 0 Å². The first-order valence-electron chi connectivity index (χ1n) is 7.12. The Morgan fingerprint density at radius 3 is 2.70 bits per heavy atom. The Kier molecular flexibility index (Phi) is 4.94. The van der Waals surface area contributed by atoms with Crippen LogP contribution >= 0.6 is 0 Å². The topological polar surface area (TPSA) is 95.7 Å². The molecule has 2 rings (SSSR count). The second-order valence-electron chi connectivity index (χ2n) is 5.46. The molecule has 7 nitrogen and oxygen atoms in total. The molecule has 2 aliphatic rings. The molecule has 3 amide bonds. The average Bonchev–Trinajstić information content (AvgIpc) is 2.64. The molecule has 0 aliphatic carbocycles. The van der Waals surface area contributed by atoms with Gasteiger partial charge in [-0.25, -0.2) is 0 Å². The van der Waals surface area contributed by atoms with Crippen molar-refractivity contribution in [3.8, 4) is 0 Å². The highest BCUT2D eigenvalue weighted by molar-refractivity contribution is 5.83. The van der Waals surface area contributed by atoms with Crippen LogP contribution in [0.5, 0.6) is 0 Å². The Hall–Kier alpha value is -1.63. The standard InChI is InChI=1S/C13H22N4O3/c14-11(18)9-16-4-1-5-17(7-6-16)13(20)10-2-3-12(19)15-8-10/h10H,1-9H2,(H2,14,18)(H,15,19). The van der Waals surface area contributed by atoms with Gasteiger partial charge in [-0.3, -0.25) is 19.3 Å². The van der Waals surface area contributed by atoms with Crippen LogP contribution in [-0.4, -0.2) is 66.8 Å². The maximum Gasteiger partial charge on any atom is 0.231 e. The van der Waals surface area contributed by atoms with E-state index in [9.17, 15) is 14.4 Å². The lowest BCUT2D eigenvalue weighted by atomic mass is 9.97. The second-order valence-corrected chi connectivity index (χ2v) is 5.46. The van der Waals surface area contributed by atoms with Crippen molar-refractivity contribution in [3.05, 3.63) is 0 Å². The third-order valence-corrected chi connectivity index (χ3v) is 3.89. The minimum atomic E-state index is -0.334. The minimum Gasteiger partial charge on any atom is -0.369 e. The second kappa shape index (κ2) is 6.69. The maximum absolute atomic E-state index is 12.4. The van der Waals surface area contributed by atoms with Gasteiger partial charge in [0.05, 0.1) is 12.5 Å². The normalized spacial score (nSPS) is 24.9. The van der Waals surface area contributed by atoms with E-state index in [2.05, 4.69) is 5.32 Å². The van der Waals surface area contributed by atoms with Gasteiger partial charge in [0.15, 0.2) is 0 Å². The Morgan fingerprint density at radius 1 is 1.25 bits per heavy atom. The fraction of sp³-hybridized carbons (Fsp3) is 0.769. The van der Waals surface area contributed by atoms with E-state index in [0.717, 1.165) is 13.0 Å². The molecule has 1 atom stereocenters. The number of carbonyl (C=O) groups is 3. The van der Waals surface area contributed by atoms with Gasteiger partial charge in [0.1, 0.15) is 0 Å². The lowest BCUT2D eigenvalue weighted by molar-refractivity contribution is -0.137. The van der Waals surface area contributed by atoms with E-state index in [1.165, 1.54) is 0 Å². The van der Waals surface area contributed by atoms with Crippen molar-refractivity contribution in [2.24, 2.45) is 11.7 Å². The summed E-state index contributed by atoms with van der Waals surface area (Å²) in [5.41, 5.74) is 5.20. The van der Waals surface area contributed by atoms with Gasteiger partial charge in [-0.15, -0.1) is 0 Å². The van der Waals surface area contributed by atoms with E-state index in [1.54, 1.807) is 0 Å². The summed E-state index contributed by atoms with van der Waals surface area (Å²) in [4.78, 5) is 38.3. The van der Waals surface area contributed by atoms with Gasteiger partial charge in [-0.1, -0.05) is 0 Å². The van der Waals surface area contributed by atoms with Crippen molar-refractivity contribution in [2.45, 2.75) is 19.3 Å². The molecule has 1 unspecified atom stereocenters. The van der Waals surface area contributed by atoms with Crippen molar-refractivity contribution in [2.75, 3.05) is 39.3 Å². The van der Waals surface area contributed by atoms with Crippen LogP contribution in [-0.2, 0) is 14.4 Å². The zero-order chi connectivity index (χ0) is 14.5. The lowest BCUT2D eigenvalue weighted by Gasteiger charge is -2.28. The van der Waals surface area contributed by atoms with Crippen LogP contribution < -0.4 is 11.1 Å². The molecular formula is C13H22N4O3. The largest absolute Gasteiger partial charge is 0.369 e. The Labute approximate surface area is 118 Å². The smallest absolute Gasteiger partial charge is 0.231 e. The van der Waals surface area contributed by atoms with Crippen molar-refractivity contribution in [1.29, 1.82) is 0 Å². The number of carbonyl (C=O) groups excluding carboxylic acids is 3. The minimum absolute atomic E-state index is 0.0255. The summed E-state index contributed by atoms with van der Waals surface area (Å²) < 4.78 is 0.